The molecule has 1 atom stereocenters. The highest BCUT2D eigenvalue weighted by atomic mass is 16.6. The summed E-state index contributed by atoms with van der Waals surface area (Å²) in [5, 5.41) is 0. The van der Waals surface area contributed by atoms with Crippen LogP contribution in [0.4, 0.5) is 0 Å². The van der Waals surface area contributed by atoms with Gasteiger partial charge in [0, 0.05) is 18.1 Å². The number of carbonyl (C=O) groups excluding carboxylic acids is 1. The number of ether oxygens (including phenoxy) is 1. The van der Waals surface area contributed by atoms with Crippen LogP contribution in [0, 0.1) is 0 Å². The zero-order chi connectivity index (χ0) is 16.9. The first-order chi connectivity index (χ1) is 10.1. The maximum absolute atomic E-state index is 12.3. The molecule has 3 heteroatoms. The van der Waals surface area contributed by atoms with Crippen molar-refractivity contribution in [2.24, 2.45) is 0 Å². The van der Waals surface area contributed by atoms with E-state index in [2.05, 4.69) is 44.7 Å². The van der Waals surface area contributed by atoms with E-state index >= 15 is 0 Å². The minimum absolute atomic E-state index is 0.0380. The van der Waals surface area contributed by atoms with Crippen LogP contribution in [0.1, 0.15) is 66.5 Å². The van der Waals surface area contributed by atoms with E-state index in [1.54, 1.807) is 0 Å². The van der Waals surface area contributed by atoms with E-state index in [4.69, 9.17) is 4.74 Å². The van der Waals surface area contributed by atoms with E-state index < -0.39 is 5.60 Å². The van der Waals surface area contributed by atoms with E-state index in [0.29, 0.717) is 18.5 Å². The molecule has 1 rings (SSSR count). The Morgan fingerprint density at radius 1 is 1.05 bits per heavy atom. The van der Waals surface area contributed by atoms with Crippen LogP contribution in [-0.2, 0) is 9.53 Å². The number of esters is 1. The fourth-order valence-corrected chi connectivity index (χ4v) is 2.93. The van der Waals surface area contributed by atoms with Gasteiger partial charge in [-0.05, 0) is 54.0 Å². The Labute approximate surface area is 135 Å². The Bertz CT molecular complexity index is 452. The largest absolute Gasteiger partial charge is 0.460 e. The molecule has 0 fully saturated rings. The quantitative estimate of drug-likeness (QED) is 0.721. The fraction of sp³-hybridized carbons (Fsp3) is 0.632. The van der Waals surface area contributed by atoms with Crippen molar-refractivity contribution in [2.45, 2.75) is 78.6 Å². The van der Waals surface area contributed by atoms with E-state index in [0.717, 1.165) is 5.56 Å². The highest BCUT2D eigenvalue weighted by molar-refractivity contribution is 5.71. The molecule has 1 aromatic rings. The smallest absolute Gasteiger partial charge is 0.308 e. The zero-order valence-corrected chi connectivity index (χ0v) is 15.1. The van der Waals surface area contributed by atoms with Crippen molar-refractivity contribution in [3.8, 4) is 0 Å². The van der Waals surface area contributed by atoms with E-state index in [9.17, 15) is 4.79 Å². The van der Waals surface area contributed by atoms with Gasteiger partial charge < -0.3 is 4.74 Å². The third-order valence-corrected chi connectivity index (χ3v) is 3.52. The molecule has 0 radical (unpaired) electrons. The number of hydrogen-bond donors (Lipinski definition) is 0. The number of carbonyl (C=O) groups is 1. The second-order valence-electron chi connectivity index (χ2n) is 7.35. The van der Waals surface area contributed by atoms with E-state index in [1.807, 2.05) is 39.0 Å². The summed E-state index contributed by atoms with van der Waals surface area (Å²) in [5.41, 5.74) is 0.717. The van der Waals surface area contributed by atoms with E-state index in [1.165, 1.54) is 0 Å². The van der Waals surface area contributed by atoms with Crippen molar-refractivity contribution in [1.82, 2.24) is 4.90 Å². The Balaban J connectivity index is 3.04. The first-order valence-corrected chi connectivity index (χ1v) is 8.16. The molecule has 0 amide bonds. The molecule has 124 valence electrons. The van der Waals surface area contributed by atoms with Gasteiger partial charge in [0.25, 0.3) is 0 Å². The lowest BCUT2D eigenvalue weighted by atomic mass is 9.98. The summed E-state index contributed by atoms with van der Waals surface area (Å²) in [6, 6.07) is 11.0. The highest BCUT2D eigenvalue weighted by Crippen LogP contribution is 2.29. The van der Waals surface area contributed by atoms with Crippen LogP contribution in [-0.4, -0.2) is 28.6 Å². The average Bonchev–Trinajstić information content (AvgIpc) is 2.35. The first-order valence-electron chi connectivity index (χ1n) is 8.16. The molecular formula is C19H31NO2. The van der Waals surface area contributed by atoms with Crippen molar-refractivity contribution in [3.05, 3.63) is 35.9 Å². The lowest BCUT2D eigenvalue weighted by molar-refractivity contribution is -0.156. The Morgan fingerprint density at radius 2 is 1.55 bits per heavy atom. The molecular weight excluding hydrogens is 274 g/mol. The van der Waals surface area contributed by atoms with Gasteiger partial charge in [-0.2, -0.15) is 0 Å². The molecule has 0 saturated heterocycles. The maximum Gasteiger partial charge on any atom is 0.308 e. The van der Waals surface area contributed by atoms with E-state index in [-0.39, 0.29) is 12.0 Å². The molecule has 0 bridgehead atoms. The van der Waals surface area contributed by atoms with Crippen LogP contribution in [0.2, 0.25) is 0 Å². The predicted octanol–water partition coefficient (Wildman–Crippen LogP) is 4.58. The third kappa shape index (κ3) is 5.80. The summed E-state index contributed by atoms with van der Waals surface area (Å²) in [6.45, 7) is 14.4. The first kappa shape index (κ1) is 18.7. The van der Waals surface area contributed by atoms with Gasteiger partial charge in [-0.1, -0.05) is 30.3 Å². The molecule has 1 aromatic carbocycles. The zero-order valence-electron chi connectivity index (χ0n) is 15.1. The summed E-state index contributed by atoms with van der Waals surface area (Å²) < 4.78 is 5.53. The minimum atomic E-state index is -0.446. The van der Waals surface area contributed by atoms with Gasteiger partial charge in [-0.15, -0.1) is 0 Å². The van der Waals surface area contributed by atoms with Crippen molar-refractivity contribution in [1.29, 1.82) is 0 Å². The highest BCUT2D eigenvalue weighted by Gasteiger charge is 2.29. The second-order valence-corrected chi connectivity index (χ2v) is 7.35. The fourth-order valence-electron chi connectivity index (χ4n) is 2.93. The van der Waals surface area contributed by atoms with Crippen LogP contribution < -0.4 is 0 Å². The second kappa shape index (κ2) is 7.77. The lowest BCUT2D eigenvalue weighted by Crippen LogP contribution is -2.41. The van der Waals surface area contributed by atoms with Gasteiger partial charge in [0.15, 0.2) is 0 Å². The van der Waals surface area contributed by atoms with Crippen LogP contribution in [0.25, 0.3) is 0 Å². The van der Waals surface area contributed by atoms with Crippen molar-refractivity contribution < 1.29 is 9.53 Å². The van der Waals surface area contributed by atoms with Gasteiger partial charge in [0.05, 0.1) is 6.42 Å². The molecule has 0 unspecified atom stereocenters. The van der Waals surface area contributed by atoms with Crippen molar-refractivity contribution >= 4 is 5.97 Å². The van der Waals surface area contributed by atoms with Crippen LogP contribution >= 0.6 is 0 Å². The monoisotopic (exact) mass is 305 g/mol. The van der Waals surface area contributed by atoms with Gasteiger partial charge in [0.1, 0.15) is 5.60 Å². The Kier molecular flexibility index (Phi) is 6.61. The number of hydrogen-bond acceptors (Lipinski definition) is 3. The van der Waals surface area contributed by atoms with Crippen LogP contribution in [0.15, 0.2) is 30.3 Å². The molecule has 0 N–H and O–H groups in total. The maximum atomic E-state index is 12.3. The topological polar surface area (TPSA) is 29.5 Å². The molecule has 0 aromatic heterocycles. The molecule has 22 heavy (non-hydrogen) atoms. The predicted molar refractivity (Wildman–Crippen MR) is 91.8 cm³/mol. The number of benzene rings is 1. The third-order valence-electron chi connectivity index (χ3n) is 3.52. The average molecular weight is 305 g/mol. The molecule has 0 aliphatic rings. The molecule has 0 aliphatic carbocycles. The Hall–Kier alpha value is -1.35. The molecule has 0 heterocycles. The molecule has 3 nitrogen and oxygen atoms in total. The van der Waals surface area contributed by atoms with Gasteiger partial charge in [-0.3, -0.25) is 9.69 Å². The van der Waals surface area contributed by atoms with Crippen molar-refractivity contribution in [3.63, 3.8) is 0 Å². The number of rotatable bonds is 6. The molecule has 0 aliphatic heterocycles. The lowest BCUT2D eigenvalue weighted by Gasteiger charge is -2.38. The normalized spacial score (nSPS) is 13.7. The van der Waals surface area contributed by atoms with Crippen LogP contribution in [0.3, 0.4) is 0 Å². The number of nitrogens with zero attached hydrogens (tertiary/aromatic N) is 1. The summed E-state index contributed by atoms with van der Waals surface area (Å²) in [7, 11) is 0. The molecule has 0 saturated carbocycles. The van der Waals surface area contributed by atoms with Gasteiger partial charge >= 0.3 is 5.97 Å². The van der Waals surface area contributed by atoms with Crippen LogP contribution in [0.5, 0.6) is 0 Å². The summed E-state index contributed by atoms with van der Waals surface area (Å²) in [6.07, 6.45) is 0.373. The minimum Gasteiger partial charge on any atom is -0.460 e. The van der Waals surface area contributed by atoms with Gasteiger partial charge in [0.2, 0.25) is 0 Å². The SMILES string of the molecule is CC(C)N(C(C)C)[C@H](CC(=O)OC(C)(C)C)c1ccccc1. The van der Waals surface area contributed by atoms with Gasteiger partial charge in [-0.25, -0.2) is 0 Å². The molecule has 0 spiro atoms. The summed E-state index contributed by atoms with van der Waals surface area (Å²) in [5.74, 6) is -0.146. The summed E-state index contributed by atoms with van der Waals surface area (Å²) >= 11 is 0. The summed E-state index contributed by atoms with van der Waals surface area (Å²) in [4.78, 5) is 14.7. The Morgan fingerprint density at radius 3 is 1.95 bits per heavy atom. The standard InChI is InChI=1S/C19H31NO2/c1-14(2)20(15(3)4)17(16-11-9-8-10-12-16)13-18(21)22-19(5,6)7/h8-12,14-15,17H,13H2,1-7H3/t17-/m1/s1. The van der Waals surface area contributed by atoms with Crippen molar-refractivity contribution in [2.75, 3.05) is 0 Å².